The molecule has 0 aliphatic heterocycles. The second-order valence-corrected chi connectivity index (χ2v) is 5.25. The molecule has 0 aliphatic carbocycles. The van der Waals surface area contributed by atoms with Crippen LogP contribution in [0.2, 0.25) is 10.0 Å². The first kappa shape index (κ1) is 14.0. The number of hydrogen-bond donors (Lipinski definition) is 1. The Morgan fingerprint density at radius 1 is 1.16 bits per heavy atom. The van der Waals surface area contributed by atoms with Gasteiger partial charge in [-0.2, -0.15) is 0 Å². The molecule has 0 saturated carbocycles. The van der Waals surface area contributed by atoms with Gasteiger partial charge in [0.05, 0.1) is 16.3 Å². The molecule has 0 radical (unpaired) electrons. The van der Waals surface area contributed by atoms with Crippen molar-refractivity contribution in [3.05, 3.63) is 50.8 Å². The fraction of sp³-hybridized carbons (Fsp3) is 0.214. The van der Waals surface area contributed by atoms with Crippen molar-refractivity contribution >= 4 is 29.2 Å². The van der Waals surface area contributed by atoms with Crippen molar-refractivity contribution in [2.75, 3.05) is 0 Å². The predicted octanol–water partition coefficient (Wildman–Crippen LogP) is 4.41. The van der Waals surface area contributed by atoms with E-state index in [9.17, 15) is 9.90 Å². The van der Waals surface area contributed by atoms with Crippen LogP contribution in [-0.4, -0.2) is 15.6 Å². The molecule has 1 N–H and O–H groups in total. The standard InChI is InChI=1S/C14H13Cl2NO2/c1-7-8(2)17(9(3)13(7)14(18)19)12-5-4-10(15)6-11(12)16/h4-6H,1-3H3,(H,18,19). The van der Waals surface area contributed by atoms with E-state index in [1.54, 1.807) is 32.0 Å². The summed E-state index contributed by atoms with van der Waals surface area (Å²) in [4.78, 5) is 11.3. The lowest BCUT2D eigenvalue weighted by Gasteiger charge is -2.11. The van der Waals surface area contributed by atoms with Crippen LogP contribution in [0.5, 0.6) is 0 Å². The topological polar surface area (TPSA) is 42.2 Å². The van der Waals surface area contributed by atoms with E-state index < -0.39 is 5.97 Å². The number of aromatic carboxylic acids is 1. The minimum atomic E-state index is -0.929. The molecule has 1 aromatic heterocycles. The highest BCUT2D eigenvalue weighted by molar-refractivity contribution is 6.35. The summed E-state index contributed by atoms with van der Waals surface area (Å²) in [5.41, 5.74) is 3.32. The number of carboxylic acid groups (broad SMARTS) is 1. The highest BCUT2D eigenvalue weighted by Gasteiger charge is 2.21. The van der Waals surface area contributed by atoms with Crippen molar-refractivity contribution in [2.24, 2.45) is 0 Å². The van der Waals surface area contributed by atoms with Gasteiger partial charge in [0.25, 0.3) is 0 Å². The quantitative estimate of drug-likeness (QED) is 0.892. The highest BCUT2D eigenvalue weighted by Crippen LogP contribution is 2.31. The smallest absolute Gasteiger partial charge is 0.337 e. The Labute approximate surface area is 121 Å². The largest absolute Gasteiger partial charge is 0.478 e. The number of hydrogen-bond acceptors (Lipinski definition) is 1. The molecule has 2 aromatic rings. The molecule has 3 nitrogen and oxygen atoms in total. The average molecular weight is 298 g/mol. The van der Waals surface area contributed by atoms with Crippen LogP contribution in [-0.2, 0) is 0 Å². The van der Waals surface area contributed by atoms with Gasteiger partial charge in [0, 0.05) is 16.4 Å². The average Bonchev–Trinajstić information content (AvgIpc) is 2.52. The molecule has 0 amide bonds. The zero-order chi connectivity index (χ0) is 14.3. The van der Waals surface area contributed by atoms with E-state index in [1.807, 2.05) is 11.5 Å². The normalized spacial score (nSPS) is 10.8. The molecule has 1 heterocycles. The van der Waals surface area contributed by atoms with Gasteiger partial charge in [0.1, 0.15) is 0 Å². The van der Waals surface area contributed by atoms with E-state index in [-0.39, 0.29) is 0 Å². The fourth-order valence-electron chi connectivity index (χ4n) is 2.32. The number of halogens is 2. The molecule has 100 valence electrons. The van der Waals surface area contributed by atoms with E-state index in [1.165, 1.54) is 0 Å². The monoisotopic (exact) mass is 297 g/mol. The number of rotatable bonds is 2. The molecule has 0 spiro atoms. The minimum Gasteiger partial charge on any atom is -0.478 e. The number of benzene rings is 1. The molecule has 19 heavy (non-hydrogen) atoms. The van der Waals surface area contributed by atoms with E-state index in [0.717, 1.165) is 16.9 Å². The van der Waals surface area contributed by atoms with Gasteiger partial charge in [0.15, 0.2) is 0 Å². The molecule has 0 bridgehead atoms. The fourth-order valence-corrected chi connectivity index (χ4v) is 2.82. The maximum absolute atomic E-state index is 11.3. The van der Waals surface area contributed by atoms with Crippen molar-refractivity contribution in [2.45, 2.75) is 20.8 Å². The summed E-state index contributed by atoms with van der Waals surface area (Å²) in [7, 11) is 0. The second kappa shape index (κ2) is 4.91. The summed E-state index contributed by atoms with van der Waals surface area (Å²) in [5, 5.41) is 10.3. The van der Waals surface area contributed by atoms with Gasteiger partial charge < -0.3 is 9.67 Å². The molecule has 5 heteroatoms. The number of carboxylic acids is 1. The molecular weight excluding hydrogens is 285 g/mol. The van der Waals surface area contributed by atoms with Gasteiger partial charge in [0.2, 0.25) is 0 Å². The van der Waals surface area contributed by atoms with Crippen LogP contribution in [0.1, 0.15) is 27.3 Å². The van der Waals surface area contributed by atoms with Gasteiger partial charge >= 0.3 is 5.97 Å². The molecule has 2 rings (SSSR count). The maximum Gasteiger partial charge on any atom is 0.337 e. The van der Waals surface area contributed by atoms with Crippen molar-refractivity contribution in [3.63, 3.8) is 0 Å². The van der Waals surface area contributed by atoms with Crippen molar-refractivity contribution in [3.8, 4) is 5.69 Å². The molecule has 0 aliphatic rings. The molecule has 0 atom stereocenters. The first-order valence-electron chi connectivity index (χ1n) is 5.71. The third kappa shape index (κ3) is 2.24. The lowest BCUT2D eigenvalue weighted by Crippen LogP contribution is -2.03. The highest BCUT2D eigenvalue weighted by atomic mass is 35.5. The Hall–Kier alpha value is -1.45. The van der Waals surface area contributed by atoms with Crippen molar-refractivity contribution in [1.82, 2.24) is 4.57 Å². The summed E-state index contributed by atoms with van der Waals surface area (Å²) in [6.07, 6.45) is 0. The Morgan fingerprint density at radius 2 is 1.79 bits per heavy atom. The van der Waals surface area contributed by atoms with Gasteiger partial charge in [-0.25, -0.2) is 4.79 Å². The Morgan fingerprint density at radius 3 is 2.26 bits per heavy atom. The van der Waals surface area contributed by atoms with Crippen LogP contribution in [0.15, 0.2) is 18.2 Å². The summed E-state index contributed by atoms with van der Waals surface area (Å²) in [5.74, 6) is -0.929. The summed E-state index contributed by atoms with van der Waals surface area (Å²) < 4.78 is 1.84. The van der Waals surface area contributed by atoms with Crippen molar-refractivity contribution < 1.29 is 9.90 Å². The molecular formula is C14H13Cl2NO2. The number of carbonyl (C=O) groups is 1. The van der Waals surface area contributed by atoms with E-state index in [4.69, 9.17) is 23.2 Å². The van der Waals surface area contributed by atoms with Crippen LogP contribution in [0, 0.1) is 20.8 Å². The van der Waals surface area contributed by atoms with Gasteiger partial charge in [-0.3, -0.25) is 0 Å². The third-order valence-corrected chi connectivity index (χ3v) is 3.85. The SMILES string of the molecule is Cc1c(C(=O)O)c(C)n(-c2ccc(Cl)cc2Cl)c1C. The lowest BCUT2D eigenvalue weighted by molar-refractivity contribution is 0.0695. The summed E-state index contributed by atoms with van der Waals surface area (Å²) >= 11 is 12.1. The third-order valence-electron chi connectivity index (χ3n) is 3.31. The van der Waals surface area contributed by atoms with Gasteiger partial charge in [-0.1, -0.05) is 23.2 Å². The molecule has 1 aromatic carbocycles. The molecule has 0 saturated heterocycles. The lowest BCUT2D eigenvalue weighted by atomic mass is 10.1. The Bertz CT molecular complexity index is 675. The van der Waals surface area contributed by atoms with Gasteiger partial charge in [-0.15, -0.1) is 0 Å². The summed E-state index contributed by atoms with van der Waals surface area (Å²) in [6.45, 7) is 5.44. The minimum absolute atomic E-state index is 0.323. The van der Waals surface area contributed by atoms with Crippen LogP contribution < -0.4 is 0 Å². The van der Waals surface area contributed by atoms with Crippen LogP contribution >= 0.6 is 23.2 Å². The van der Waals surface area contributed by atoms with Crippen molar-refractivity contribution in [1.29, 1.82) is 0 Å². The van der Waals surface area contributed by atoms with Gasteiger partial charge in [-0.05, 0) is 44.5 Å². The van der Waals surface area contributed by atoms with Crippen LogP contribution in [0.3, 0.4) is 0 Å². The predicted molar refractivity (Wildman–Crippen MR) is 77.0 cm³/mol. The Kier molecular flexibility index (Phi) is 3.61. The van der Waals surface area contributed by atoms with E-state index in [0.29, 0.717) is 21.3 Å². The second-order valence-electron chi connectivity index (χ2n) is 4.41. The first-order chi connectivity index (χ1) is 8.84. The number of aromatic nitrogens is 1. The molecule has 0 fully saturated rings. The zero-order valence-corrected chi connectivity index (χ0v) is 12.3. The zero-order valence-electron chi connectivity index (χ0n) is 10.8. The number of nitrogens with zero attached hydrogens (tertiary/aromatic N) is 1. The first-order valence-corrected chi connectivity index (χ1v) is 6.47. The molecule has 0 unspecified atom stereocenters. The Balaban J connectivity index is 2.76. The maximum atomic E-state index is 11.3. The van der Waals surface area contributed by atoms with E-state index >= 15 is 0 Å². The van der Waals surface area contributed by atoms with E-state index in [2.05, 4.69) is 0 Å². The summed E-state index contributed by atoms with van der Waals surface area (Å²) in [6, 6.07) is 5.17. The van der Waals surface area contributed by atoms with Crippen LogP contribution in [0.25, 0.3) is 5.69 Å². The van der Waals surface area contributed by atoms with Crippen LogP contribution in [0.4, 0.5) is 0 Å².